The number of nitrogens with zero attached hydrogens (tertiary/aromatic N) is 3. The number of benzene rings is 1. The third kappa shape index (κ3) is 4.91. The zero-order valence-electron chi connectivity index (χ0n) is 15.0. The van der Waals surface area contributed by atoms with E-state index in [1.54, 1.807) is 16.7 Å². The molecule has 6 heteroatoms. The minimum Gasteiger partial charge on any atom is -0.329 e. The third-order valence-corrected chi connectivity index (χ3v) is 4.33. The van der Waals surface area contributed by atoms with E-state index in [-0.39, 0.29) is 18.0 Å². The topological polar surface area (TPSA) is 63.6 Å². The number of hydrogen-bond acceptors (Lipinski definition) is 4. The highest BCUT2D eigenvalue weighted by Crippen LogP contribution is 2.08. The first-order valence-corrected chi connectivity index (χ1v) is 8.61. The first kappa shape index (κ1) is 20.1. The van der Waals surface area contributed by atoms with Gasteiger partial charge in [0.1, 0.15) is 5.65 Å². The molecule has 2 aromatic heterocycles. The van der Waals surface area contributed by atoms with Crippen molar-refractivity contribution in [2.75, 3.05) is 19.6 Å². The number of aromatic nitrogens is 2. The molecular formula is C20H25ClN4O. The zero-order chi connectivity index (χ0) is 17.6. The van der Waals surface area contributed by atoms with E-state index in [2.05, 4.69) is 29.2 Å². The molecule has 26 heavy (non-hydrogen) atoms. The van der Waals surface area contributed by atoms with Crippen molar-refractivity contribution < 1.29 is 0 Å². The van der Waals surface area contributed by atoms with Crippen molar-refractivity contribution in [2.24, 2.45) is 5.73 Å². The second kappa shape index (κ2) is 9.48. The van der Waals surface area contributed by atoms with E-state index in [1.807, 2.05) is 25.1 Å². The van der Waals surface area contributed by atoms with Crippen LogP contribution < -0.4 is 11.3 Å². The summed E-state index contributed by atoms with van der Waals surface area (Å²) in [6, 6.07) is 15.8. The number of aryl methyl sites for hydroxylation is 1. The first-order valence-electron chi connectivity index (χ1n) is 8.61. The van der Waals surface area contributed by atoms with Crippen molar-refractivity contribution in [3.63, 3.8) is 0 Å². The molecule has 0 spiro atoms. The Morgan fingerprint density at radius 1 is 1.12 bits per heavy atom. The van der Waals surface area contributed by atoms with Crippen LogP contribution in [-0.4, -0.2) is 33.9 Å². The van der Waals surface area contributed by atoms with E-state index in [0.717, 1.165) is 36.4 Å². The summed E-state index contributed by atoms with van der Waals surface area (Å²) in [7, 11) is 0. The average Bonchev–Trinajstić information content (AvgIpc) is 2.62. The molecule has 0 fully saturated rings. The monoisotopic (exact) mass is 372 g/mol. The number of hydrogen-bond donors (Lipinski definition) is 1. The molecule has 0 atom stereocenters. The standard InChI is InChI=1S/C20H24N4O.ClH/c1-16-6-5-11-24-19(25)14-18(22-20(16)24)15-23(13-10-21)12-9-17-7-3-2-4-8-17;/h2-8,11,14H,9-10,12-13,15,21H2,1H3;1H. The molecule has 3 rings (SSSR count). The smallest absolute Gasteiger partial charge is 0.258 e. The minimum absolute atomic E-state index is 0. The fraction of sp³-hybridized carbons (Fsp3) is 0.300. The average molecular weight is 373 g/mol. The molecule has 3 aromatic rings. The summed E-state index contributed by atoms with van der Waals surface area (Å²) in [5, 5.41) is 0. The highest BCUT2D eigenvalue weighted by Gasteiger charge is 2.10. The van der Waals surface area contributed by atoms with Gasteiger partial charge in [-0.3, -0.25) is 14.1 Å². The molecule has 138 valence electrons. The Kier molecular flexibility index (Phi) is 7.33. The largest absolute Gasteiger partial charge is 0.329 e. The Morgan fingerprint density at radius 2 is 1.88 bits per heavy atom. The Morgan fingerprint density at radius 3 is 2.62 bits per heavy atom. The number of fused-ring (bicyclic) bond motifs is 1. The molecule has 5 nitrogen and oxygen atoms in total. The van der Waals surface area contributed by atoms with Crippen LogP contribution in [0.2, 0.25) is 0 Å². The minimum atomic E-state index is -0.0422. The van der Waals surface area contributed by atoms with Crippen molar-refractivity contribution in [1.29, 1.82) is 0 Å². The van der Waals surface area contributed by atoms with Gasteiger partial charge in [-0.15, -0.1) is 12.4 Å². The van der Waals surface area contributed by atoms with Gasteiger partial charge in [0.25, 0.3) is 5.56 Å². The molecule has 1 aromatic carbocycles. The SMILES string of the molecule is Cc1cccn2c(=O)cc(CN(CCN)CCc3ccccc3)nc12.Cl. The fourth-order valence-electron chi connectivity index (χ4n) is 3.00. The van der Waals surface area contributed by atoms with Crippen LogP contribution in [0.3, 0.4) is 0 Å². The molecule has 0 amide bonds. The Balaban J connectivity index is 0.00000243. The summed E-state index contributed by atoms with van der Waals surface area (Å²) in [5.74, 6) is 0. The predicted molar refractivity (Wildman–Crippen MR) is 108 cm³/mol. The molecule has 2 N–H and O–H groups in total. The molecule has 0 aliphatic heterocycles. The maximum absolute atomic E-state index is 12.4. The van der Waals surface area contributed by atoms with Gasteiger partial charge in [0.15, 0.2) is 0 Å². The number of halogens is 1. The van der Waals surface area contributed by atoms with Crippen LogP contribution >= 0.6 is 12.4 Å². The lowest BCUT2D eigenvalue weighted by Crippen LogP contribution is -2.32. The van der Waals surface area contributed by atoms with E-state index in [4.69, 9.17) is 10.7 Å². The van der Waals surface area contributed by atoms with Gasteiger partial charge in [-0.1, -0.05) is 36.4 Å². The molecule has 0 aliphatic rings. The van der Waals surface area contributed by atoms with Gasteiger partial charge in [0, 0.05) is 38.4 Å². The van der Waals surface area contributed by atoms with E-state index >= 15 is 0 Å². The van der Waals surface area contributed by atoms with E-state index < -0.39 is 0 Å². The van der Waals surface area contributed by atoms with Crippen molar-refractivity contribution in [2.45, 2.75) is 19.9 Å². The summed E-state index contributed by atoms with van der Waals surface area (Å²) in [6.07, 6.45) is 2.71. The number of rotatable bonds is 7. The summed E-state index contributed by atoms with van der Waals surface area (Å²) in [5.41, 5.74) is 9.54. The molecule has 0 bridgehead atoms. The second-order valence-corrected chi connectivity index (χ2v) is 6.27. The lowest BCUT2D eigenvalue weighted by molar-refractivity contribution is 0.273. The van der Waals surface area contributed by atoms with Gasteiger partial charge in [-0.25, -0.2) is 4.98 Å². The maximum Gasteiger partial charge on any atom is 0.258 e. The summed E-state index contributed by atoms with van der Waals surface area (Å²) in [6.45, 7) is 4.85. The van der Waals surface area contributed by atoms with Gasteiger partial charge < -0.3 is 5.73 Å². The fourth-order valence-corrected chi connectivity index (χ4v) is 3.00. The van der Waals surface area contributed by atoms with Crippen LogP contribution in [0.5, 0.6) is 0 Å². The summed E-state index contributed by atoms with van der Waals surface area (Å²) >= 11 is 0. The van der Waals surface area contributed by atoms with Crippen LogP contribution in [-0.2, 0) is 13.0 Å². The predicted octanol–water partition coefficient (Wildman–Crippen LogP) is 2.43. The Bertz CT molecular complexity index is 895. The number of nitrogens with two attached hydrogens (primary N) is 1. The van der Waals surface area contributed by atoms with Crippen LogP contribution in [0, 0.1) is 6.92 Å². The number of pyridine rings is 1. The summed E-state index contributed by atoms with van der Waals surface area (Å²) in [4.78, 5) is 19.3. The maximum atomic E-state index is 12.4. The first-order chi connectivity index (χ1) is 12.2. The van der Waals surface area contributed by atoms with E-state index in [9.17, 15) is 4.79 Å². The molecule has 0 saturated heterocycles. The van der Waals surface area contributed by atoms with Crippen molar-refractivity contribution >= 4 is 18.1 Å². The van der Waals surface area contributed by atoms with E-state index in [1.165, 1.54) is 5.56 Å². The van der Waals surface area contributed by atoms with Crippen molar-refractivity contribution in [3.05, 3.63) is 81.9 Å². The van der Waals surface area contributed by atoms with Gasteiger partial charge in [-0.2, -0.15) is 0 Å². The van der Waals surface area contributed by atoms with Crippen molar-refractivity contribution in [3.8, 4) is 0 Å². The molecule has 0 radical (unpaired) electrons. The van der Waals surface area contributed by atoms with Crippen LogP contribution in [0.1, 0.15) is 16.8 Å². The van der Waals surface area contributed by atoms with Gasteiger partial charge in [0.05, 0.1) is 5.69 Å². The Hall–Kier alpha value is -2.21. The second-order valence-electron chi connectivity index (χ2n) is 6.27. The lowest BCUT2D eigenvalue weighted by Gasteiger charge is -2.21. The van der Waals surface area contributed by atoms with Gasteiger partial charge >= 0.3 is 0 Å². The van der Waals surface area contributed by atoms with Crippen molar-refractivity contribution in [1.82, 2.24) is 14.3 Å². The molecule has 0 unspecified atom stereocenters. The van der Waals surface area contributed by atoms with Crippen LogP contribution in [0.15, 0.2) is 59.5 Å². The van der Waals surface area contributed by atoms with Gasteiger partial charge in [0.2, 0.25) is 0 Å². The lowest BCUT2D eigenvalue weighted by atomic mass is 10.1. The van der Waals surface area contributed by atoms with Crippen LogP contribution in [0.4, 0.5) is 0 Å². The summed E-state index contributed by atoms with van der Waals surface area (Å²) < 4.78 is 1.59. The van der Waals surface area contributed by atoms with E-state index in [0.29, 0.717) is 13.1 Å². The quantitative estimate of drug-likeness (QED) is 0.691. The van der Waals surface area contributed by atoms with Gasteiger partial charge in [-0.05, 0) is 30.5 Å². The molecule has 2 heterocycles. The molecular weight excluding hydrogens is 348 g/mol. The van der Waals surface area contributed by atoms with Crippen LogP contribution in [0.25, 0.3) is 5.65 Å². The molecule has 0 aliphatic carbocycles. The normalized spacial score (nSPS) is 10.9. The Labute approximate surface area is 159 Å². The highest BCUT2D eigenvalue weighted by molar-refractivity contribution is 5.85. The highest BCUT2D eigenvalue weighted by atomic mass is 35.5. The zero-order valence-corrected chi connectivity index (χ0v) is 15.8. The third-order valence-electron chi connectivity index (χ3n) is 4.33. The molecule has 0 saturated carbocycles.